The van der Waals surface area contributed by atoms with Crippen molar-refractivity contribution in [3.63, 3.8) is 0 Å². The van der Waals surface area contributed by atoms with Gasteiger partial charge in [0.15, 0.2) is 0 Å². The molecule has 4 rings (SSSR count). The molecule has 1 aromatic carbocycles. The van der Waals surface area contributed by atoms with Crippen molar-refractivity contribution in [1.82, 2.24) is 19.2 Å². The standard InChI is InChI=1S/C20H20N4O2/c1-22-11-12-23(17(14-22)15-7-3-2-4-8-15)19(25)16-13-21-18-9-5-6-10-24(18)20(16)26/h2-10,13,17H,11-12,14H2,1H3. The van der Waals surface area contributed by atoms with Gasteiger partial charge in [-0.3, -0.25) is 14.0 Å². The van der Waals surface area contributed by atoms with E-state index in [1.807, 2.05) is 43.4 Å². The topological polar surface area (TPSA) is 57.9 Å². The fourth-order valence-electron chi connectivity index (χ4n) is 3.45. The van der Waals surface area contributed by atoms with Gasteiger partial charge < -0.3 is 9.80 Å². The number of piperazine rings is 1. The van der Waals surface area contributed by atoms with Crippen LogP contribution in [0.1, 0.15) is 22.0 Å². The number of aromatic nitrogens is 2. The zero-order valence-corrected chi connectivity index (χ0v) is 14.6. The van der Waals surface area contributed by atoms with Gasteiger partial charge in [0.1, 0.15) is 11.2 Å². The molecule has 1 unspecified atom stereocenters. The number of nitrogens with zero attached hydrogens (tertiary/aromatic N) is 4. The third-order valence-corrected chi connectivity index (χ3v) is 4.87. The minimum Gasteiger partial charge on any atom is -0.329 e. The normalized spacial score (nSPS) is 18.2. The van der Waals surface area contributed by atoms with E-state index in [9.17, 15) is 9.59 Å². The van der Waals surface area contributed by atoms with Crippen LogP contribution >= 0.6 is 0 Å². The van der Waals surface area contributed by atoms with E-state index in [1.165, 1.54) is 10.6 Å². The molecule has 1 fully saturated rings. The van der Waals surface area contributed by atoms with Crippen molar-refractivity contribution in [2.45, 2.75) is 6.04 Å². The summed E-state index contributed by atoms with van der Waals surface area (Å²) in [5.41, 5.74) is 1.39. The van der Waals surface area contributed by atoms with Crippen LogP contribution in [0.3, 0.4) is 0 Å². The number of carbonyl (C=O) groups is 1. The highest BCUT2D eigenvalue weighted by molar-refractivity contribution is 5.94. The molecule has 0 aliphatic carbocycles. The smallest absolute Gasteiger partial charge is 0.270 e. The molecule has 0 bridgehead atoms. The molecule has 26 heavy (non-hydrogen) atoms. The van der Waals surface area contributed by atoms with Gasteiger partial charge in [-0.1, -0.05) is 36.4 Å². The fraction of sp³-hybridized carbons (Fsp3) is 0.250. The number of hydrogen-bond donors (Lipinski definition) is 0. The molecule has 1 aliphatic heterocycles. The Morgan fingerprint density at radius 2 is 1.85 bits per heavy atom. The second-order valence-corrected chi connectivity index (χ2v) is 6.59. The minimum absolute atomic E-state index is 0.0849. The molecule has 3 heterocycles. The summed E-state index contributed by atoms with van der Waals surface area (Å²) in [4.78, 5) is 34.3. The van der Waals surface area contributed by atoms with E-state index in [-0.39, 0.29) is 23.1 Å². The molecule has 0 radical (unpaired) electrons. The molecule has 132 valence electrons. The van der Waals surface area contributed by atoms with Gasteiger partial charge in [-0.15, -0.1) is 0 Å². The Morgan fingerprint density at radius 1 is 1.08 bits per heavy atom. The Balaban J connectivity index is 1.74. The molecule has 6 nitrogen and oxygen atoms in total. The van der Waals surface area contributed by atoms with Crippen LogP contribution in [0, 0.1) is 0 Å². The van der Waals surface area contributed by atoms with Crippen molar-refractivity contribution in [3.8, 4) is 0 Å². The van der Waals surface area contributed by atoms with Crippen LogP contribution in [0.2, 0.25) is 0 Å². The first-order chi connectivity index (χ1) is 12.6. The summed E-state index contributed by atoms with van der Waals surface area (Å²) in [5.74, 6) is -0.261. The van der Waals surface area contributed by atoms with Crippen molar-refractivity contribution in [2.75, 3.05) is 26.7 Å². The van der Waals surface area contributed by atoms with Crippen molar-refractivity contribution in [2.24, 2.45) is 0 Å². The highest BCUT2D eigenvalue weighted by atomic mass is 16.2. The predicted octanol–water partition coefficient (Wildman–Crippen LogP) is 1.82. The average Bonchev–Trinajstić information content (AvgIpc) is 2.69. The maximum atomic E-state index is 13.2. The van der Waals surface area contributed by atoms with Gasteiger partial charge in [-0.25, -0.2) is 4.98 Å². The first-order valence-electron chi connectivity index (χ1n) is 8.66. The largest absolute Gasteiger partial charge is 0.329 e. The zero-order valence-electron chi connectivity index (χ0n) is 14.6. The Hall–Kier alpha value is -2.99. The SMILES string of the molecule is CN1CCN(C(=O)c2cnc3ccccn3c2=O)C(c2ccccc2)C1. The third kappa shape index (κ3) is 2.88. The van der Waals surface area contributed by atoms with Gasteiger partial charge in [0, 0.05) is 32.0 Å². The molecular weight excluding hydrogens is 328 g/mol. The molecule has 3 aromatic rings. The molecule has 1 amide bonds. The van der Waals surface area contributed by atoms with E-state index in [1.54, 1.807) is 23.2 Å². The van der Waals surface area contributed by atoms with Gasteiger partial charge in [-0.05, 0) is 24.7 Å². The van der Waals surface area contributed by atoms with Crippen LogP contribution in [0.4, 0.5) is 0 Å². The molecule has 1 aliphatic rings. The monoisotopic (exact) mass is 348 g/mol. The number of benzene rings is 1. The minimum atomic E-state index is -0.327. The summed E-state index contributed by atoms with van der Waals surface area (Å²) in [6, 6.07) is 15.2. The molecule has 6 heteroatoms. The number of likely N-dealkylation sites (N-methyl/N-ethyl adjacent to an activating group) is 1. The van der Waals surface area contributed by atoms with E-state index in [0.29, 0.717) is 12.2 Å². The number of pyridine rings is 1. The highest BCUT2D eigenvalue weighted by Crippen LogP contribution is 2.26. The maximum Gasteiger partial charge on any atom is 0.270 e. The lowest BCUT2D eigenvalue weighted by molar-refractivity contribution is 0.0495. The van der Waals surface area contributed by atoms with Gasteiger partial charge in [0.25, 0.3) is 11.5 Å². The lowest BCUT2D eigenvalue weighted by Gasteiger charge is -2.40. The maximum absolute atomic E-state index is 13.2. The quantitative estimate of drug-likeness (QED) is 0.709. The lowest BCUT2D eigenvalue weighted by Crippen LogP contribution is -2.50. The zero-order chi connectivity index (χ0) is 18.1. The summed E-state index contributed by atoms with van der Waals surface area (Å²) in [5, 5.41) is 0. The van der Waals surface area contributed by atoms with Crippen LogP contribution < -0.4 is 5.56 Å². The molecule has 0 N–H and O–H groups in total. The molecule has 1 atom stereocenters. The van der Waals surface area contributed by atoms with Gasteiger partial charge in [0.05, 0.1) is 6.04 Å². The number of rotatable bonds is 2. The summed E-state index contributed by atoms with van der Waals surface area (Å²) >= 11 is 0. The van der Waals surface area contributed by atoms with Crippen LogP contribution in [0.25, 0.3) is 5.65 Å². The summed E-state index contributed by atoms with van der Waals surface area (Å²) in [6.45, 7) is 2.08. The lowest BCUT2D eigenvalue weighted by atomic mass is 10.0. The molecule has 1 saturated heterocycles. The Labute approximate surface area is 151 Å². The van der Waals surface area contributed by atoms with E-state index in [0.717, 1.165) is 18.7 Å². The van der Waals surface area contributed by atoms with E-state index < -0.39 is 0 Å². The molecule has 0 spiro atoms. The van der Waals surface area contributed by atoms with Crippen LogP contribution in [0.15, 0.2) is 65.7 Å². The Kier molecular flexibility index (Phi) is 4.26. The van der Waals surface area contributed by atoms with Gasteiger partial charge in [-0.2, -0.15) is 0 Å². The van der Waals surface area contributed by atoms with Crippen molar-refractivity contribution >= 4 is 11.6 Å². The van der Waals surface area contributed by atoms with E-state index in [4.69, 9.17) is 0 Å². The van der Waals surface area contributed by atoms with E-state index in [2.05, 4.69) is 9.88 Å². The molecule has 0 saturated carbocycles. The molecule has 2 aromatic heterocycles. The van der Waals surface area contributed by atoms with Crippen molar-refractivity contribution < 1.29 is 4.79 Å². The second kappa shape index (κ2) is 6.72. The average molecular weight is 348 g/mol. The first-order valence-corrected chi connectivity index (χ1v) is 8.66. The number of carbonyl (C=O) groups excluding carboxylic acids is 1. The van der Waals surface area contributed by atoms with Crippen molar-refractivity contribution in [1.29, 1.82) is 0 Å². The second-order valence-electron chi connectivity index (χ2n) is 6.59. The fourth-order valence-corrected chi connectivity index (χ4v) is 3.45. The number of amides is 1. The summed E-state index contributed by atoms with van der Waals surface area (Å²) in [6.07, 6.45) is 3.04. The number of fused-ring (bicyclic) bond motifs is 1. The van der Waals surface area contributed by atoms with Crippen LogP contribution in [-0.2, 0) is 0 Å². The highest BCUT2D eigenvalue weighted by Gasteiger charge is 2.32. The Bertz CT molecular complexity index is 999. The summed E-state index contributed by atoms with van der Waals surface area (Å²) in [7, 11) is 2.05. The Morgan fingerprint density at radius 3 is 2.65 bits per heavy atom. The number of hydrogen-bond acceptors (Lipinski definition) is 4. The van der Waals surface area contributed by atoms with Crippen LogP contribution in [-0.4, -0.2) is 51.8 Å². The predicted molar refractivity (Wildman–Crippen MR) is 99.2 cm³/mol. The van der Waals surface area contributed by atoms with Gasteiger partial charge in [0.2, 0.25) is 0 Å². The van der Waals surface area contributed by atoms with Crippen molar-refractivity contribution in [3.05, 3.63) is 82.4 Å². The summed E-state index contributed by atoms with van der Waals surface area (Å²) < 4.78 is 1.42. The van der Waals surface area contributed by atoms with Gasteiger partial charge >= 0.3 is 0 Å². The molecular formula is C20H20N4O2. The van der Waals surface area contributed by atoms with E-state index >= 15 is 0 Å². The third-order valence-electron chi connectivity index (χ3n) is 4.87. The first kappa shape index (κ1) is 16.5. The van der Waals surface area contributed by atoms with Crippen LogP contribution in [0.5, 0.6) is 0 Å².